The molecular formula is C19H24N2O6S. The van der Waals surface area contributed by atoms with E-state index in [0.29, 0.717) is 31.9 Å². The van der Waals surface area contributed by atoms with Gasteiger partial charge in [0, 0.05) is 25.2 Å². The number of sulfonamides is 1. The Morgan fingerprint density at radius 2 is 1.86 bits per heavy atom. The van der Waals surface area contributed by atoms with Gasteiger partial charge in [-0.2, -0.15) is 4.31 Å². The lowest BCUT2D eigenvalue weighted by atomic mass is 10.2. The number of nitrogens with zero attached hydrogens (tertiary/aromatic N) is 1. The van der Waals surface area contributed by atoms with E-state index < -0.39 is 22.1 Å². The van der Waals surface area contributed by atoms with Gasteiger partial charge in [0.25, 0.3) is 5.91 Å². The fourth-order valence-corrected chi connectivity index (χ4v) is 4.07. The van der Waals surface area contributed by atoms with Gasteiger partial charge in [0.1, 0.15) is 0 Å². The molecule has 1 saturated heterocycles. The molecule has 2 fully saturated rings. The minimum absolute atomic E-state index is 0.194. The summed E-state index contributed by atoms with van der Waals surface area (Å²) in [7, 11) is -3.55. The van der Waals surface area contributed by atoms with Crippen molar-refractivity contribution >= 4 is 28.0 Å². The first-order valence-corrected chi connectivity index (χ1v) is 10.7. The highest BCUT2D eigenvalue weighted by Gasteiger charge is 2.27. The smallest absolute Gasteiger partial charge is 0.331 e. The van der Waals surface area contributed by atoms with Gasteiger partial charge in [-0.05, 0) is 43.5 Å². The molecule has 9 heteroatoms. The second-order valence-electron chi connectivity index (χ2n) is 6.78. The zero-order valence-electron chi connectivity index (χ0n) is 15.7. The van der Waals surface area contributed by atoms with E-state index in [-0.39, 0.29) is 16.8 Å². The van der Waals surface area contributed by atoms with E-state index in [0.717, 1.165) is 12.8 Å². The van der Waals surface area contributed by atoms with Crippen LogP contribution in [0.25, 0.3) is 6.08 Å². The van der Waals surface area contributed by atoms with Crippen molar-refractivity contribution in [3.63, 3.8) is 0 Å². The summed E-state index contributed by atoms with van der Waals surface area (Å²) in [4.78, 5) is 23.8. The number of ether oxygens (including phenoxy) is 2. The molecule has 0 radical (unpaired) electrons. The van der Waals surface area contributed by atoms with Gasteiger partial charge in [-0.25, -0.2) is 13.2 Å². The van der Waals surface area contributed by atoms with Gasteiger partial charge in [0.05, 0.1) is 18.1 Å². The molecule has 1 amide bonds. The van der Waals surface area contributed by atoms with E-state index in [1.807, 2.05) is 0 Å². The Morgan fingerprint density at radius 3 is 2.46 bits per heavy atom. The Balaban J connectivity index is 1.55. The molecule has 1 heterocycles. The highest BCUT2D eigenvalue weighted by Crippen LogP contribution is 2.19. The Bertz CT molecular complexity index is 840. The molecule has 1 aliphatic carbocycles. The third-order valence-electron chi connectivity index (χ3n) is 4.49. The lowest BCUT2D eigenvalue weighted by molar-refractivity contribution is -0.150. The number of benzene rings is 1. The number of morpholine rings is 1. The first-order valence-electron chi connectivity index (χ1n) is 9.23. The molecule has 1 aromatic rings. The maximum Gasteiger partial charge on any atom is 0.331 e. The van der Waals surface area contributed by atoms with Crippen LogP contribution in [0.15, 0.2) is 35.2 Å². The zero-order valence-corrected chi connectivity index (χ0v) is 16.5. The van der Waals surface area contributed by atoms with Crippen molar-refractivity contribution in [2.45, 2.75) is 36.8 Å². The van der Waals surface area contributed by atoms with Gasteiger partial charge in [0.15, 0.2) is 6.10 Å². The first kappa shape index (κ1) is 20.5. The summed E-state index contributed by atoms with van der Waals surface area (Å²) in [6, 6.07) is 6.43. The fourth-order valence-electron chi connectivity index (χ4n) is 2.66. The van der Waals surface area contributed by atoms with Gasteiger partial charge in [-0.3, -0.25) is 4.79 Å². The monoisotopic (exact) mass is 408 g/mol. The summed E-state index contributed by atoms with van der Waals surface area (Å²) >= 11 is 0. The third kappa shape index (κ3) is 5.40. The lowest BCUT2D eigenvalue weighted by Crippen LogP contribution is -2.40. The average Bonchev–Trinajstić information content (AvgIpc) is 3.51. The molecule has 2 aliphatic rings. The van der Waals surface area contributed by atoms with Crippen LogP contribution in [0.5, 0.6) is 0 Å². The van der Waals surface area contributed by atoms with Gasteiger partial charge < -0.3 is 14.8 Å². The molecule has 1 saturated carbocycles. The molecule has 3 rings (SSSR count). The minimum Gasteiger partial charge on any atom is -0.449 e. The summed E-state index contributed by atoms with van der Waals surface area (Å²) in [5.74, 6) is -0.939. The van der Waals surface area contributed by atoms with E-state index in [1.54, 1.807) is 12.1 Å². The van der Waals surface area contributed by atoms with Gasteiger partial charge >= 0.3 is 5.97 Å². The highest BCUT2D eigenvalue weighted by atomic mass is 32.2. The van der Waals surface area contributed by atoms with Crippen LogP contribution in [-0.2, 0) is 29.1 Å². The Hall–Kier alpha value is -2.23. The summed E-state index contributed by atoms with van der Waals surface area (Å²) in [6.45, 7) is 2.97. The zero-order chi connectivity index (χ0) is 20.1. The van der Waals surface area contributed by atoms with Gasteiger partial charge in [-0.15, -0.1) is 0 Å². The Morgan fingerprint density at radius 1 is 1.21 bits per heavy atom. The van der Waals surface area contributed by atoms with Gasteiger partial charge in [0.2, 0.25) is 10.0 Å². The number of carbonyl (C=O) groups excluding carboxylic acids is 2. The molecule has 0 unspecified atom stereocenters. The number of carbonyl (C=O) groups is 2. The molecule has 28 heavy (non-hydrogen) atoms. The second-order valence-corrected chi connectivity index (χ2v) is 8.72. The molecule has 152 valence electrons. The third-order valence-corrected chi connectivity index (χ3v) is 6.40. The van der Waals surface area contributed by atoms with Crippen LogP contribution < -0.4 is 5.32 Å². The first-order chi connectivity index (χ1) is 13.4. The van der Waals surface area contributed by atoms with Crippen LogP contribution in [0.1, 0.15) is 25.3 Å². The van der Waals surface area contributed by atoms with Crippen molar-refractivity contribution in [3.05, 3.63) is 35.9 Å². The van der Waals surface area contributed by atoms with E-state index in [1.165, 1.54) is 35.5 Å². The van der Waals surface area contributed by atoms with E-state index >= 15 is 0 Å². The molecule has 1 N–H and O–H groups in total. The highest BCUT2D eigenvalue weighted by molar-refractivity contribution is 7.89. The predicted molar refractivity (Wildman–Crippen MR) is 102 cm³/mol. The van der Waals surface area contributed by atoms with Crippen LogP contribution in [0.2, 0.25) is 0 Å². The molecule has 1 atom stereocenters. The lowest BCUT2D eigenvalue weighted by Gasteiger charge is -2.26. The van der Waals surface area contributed by atoms with Crippen LogP contribution in [0, 0.1) is 0 Å². The van der Waals surface area contributed by atoms with Crippen molar-refractivity contribution in [1.82, 2.24) is 9.62 Å². The number of hydrogen-bond acceptors (Lipinski definition) is 6. The minimum atomic E-state index is -3.55. The number of hydrogen-bond donors (Lipinski definition) is 1. The molecule has 8 nitrogen and oxygen atoms in total. The van der Waals surface area contributed by atoms with Gasteiger partial charge in [-0.1, -0.05) is 12.1 Å². The average molecular weight is 408 g/mol. The van der Waals surface area contributed by atoms with Crippen molar-refractivity contribution < 1.29 is 27.5 Å². The summed E-state index contributed by atoms with van der Waals surface area (Å²) in [5.41, 5.74) is 0.646. The second kappa shape index (κ2) is 8.85. The molecule has 0 aromatic heterocycles. The van der Waals surface area contributed by atoms with Crippen LogP contribution in [-0.4, -0.2) is 63.0 Å². The molecular weight excluding hydrogens is 384 g/mol. The summed E-state index contributed by atoms with van der Waals surface area (Å²) < 4.78 is 36.8. The predicted octanol–water partition coefficient (Wildman–Crippen LogP) is 0.931. The Labute approximate surface area is 164 Å². The maximum atomic E-state index is 12.6. The largest absolute Gasteiger partial charge is 0.449 e. The van der Waals surface area contributed by atoms with Crippen LogP contribution >= 0.6 is 0 Å². The van der Waals surface area contributed by atoms with Crippen molar-refractivity contribution in [2.24, 2.45) is 0 Å². The van der Waals surface area contributed by atoms with E-state index in [9.17, 15) is 18.0 Å². The summed E-state index contributed by atoms with van der Waals surface area (Å²) in [6.07, 6.45) is 3.79. The summed E-state index contributed by atoms with van der Waals surface area (Å²) in [5, 5.41) is 2.77. The molecule has 0 spiro atoms. The van der Waals surface area contributed by atoms with Crippen molar-refractivity contribution in [1.29, 1.82) is 0 Å². The number of esters is 1. The maximum absolute atomic E-state index is 12.6. The number of nitrogens with one attached hydrogen (secondary N) is 1. The van der Waals surface area contributed by atoms with E-state index in [4.69, 9.17) is 9.47 Å². The molecule has 0 bridgehead atoms. The van der Waals surface area contributed by atoms with Crippen LogP contribution in [0.4, 0.5) is 0 Å². The van der Waals surface area contributed by atoms with Crippen LogP contribution in [0.3, 0.4) is 0 Å². The normalized spacial score (nSPS) is 19.3. The van der Waals surface area contributed by atoms with Crippen molar-refractivity contribution in [2.75, 3.05) is 26.3 Å². The Kier molecular flexibility index (Phi) is 6.48. The topological polar surface area (TPSA) is 102 Å². The standard InChI is InChI=1S/C19H24N2O6S/c1-14(19(23)20-16-5-6-16)27-18(22)9-4-15-2-7-17(8-3-15)28(24,25)21-10-12-26-13-11-21/h2-4,7-9,14,16H,5-6,10-13H2,1H3,(H,20,23)/b9-4+/t14-/m0/s1. The fraction of sp³-hybridized carbons (Fsp3) is 0.474. The number of rotatable bonds is 7. The van der Waals surface area contributed by atoms with E-state index in [2.05, 4.69) is 5.32 Å². The molecule has 1 aromatic carbocycles. The quantitative estimate of drug-likeness (QED) is 0.532. The number of amides is 1. The SMILES string of the molecule is C[C@H](OC(=O)/C=C/c1ccc(S(=O)(=O)N2CCOCC2)cc1)C(=O)NC1CC1. The van der Waals surface area contributed by atoms with Crippen molar-refractivity contribution in [3.8, 4) is 0 Å². The molecule has 1 aliphatic heterocycles.